The Morgan fingerprint density at radius 2 is 2.20 bits per heavy atom. The number of nitrogens with one attached hydrogen (secondary N) is 1. The molecule has 0 radical (unpaired) electrons. The molecule has 138 valence electrons. The molecule has 1 aromatic heterocycles. The predicted octanol–water partition coefficient (Wildman–Crippen LogP) is 0.873. The third kappa shape index (κ3) is 5.12. The van der Waals surface area contributed by atoms with E-state index < -0.39 is 5.60 Å². The van der Waals surface area contributed by atoms with Crippen LogP contribution in [0.1, 0.15) is 44.2 Å². The van der Waals surface area contributed by atoms with Crippen molar-refractivity contribution in [3.8, 4) is 0 Å². The van der Waals surface area contributed by atoms with Gasteiger partial charge in [-0.1, -0.05) is 19.3 Å². The van der Waals surface area contributed by atoms with Gasteiger partial charge in [0.1, 0.15) is 0 Å². The van der Waals surface area contributed by atoms with Gasteiger partial charge in [0.25, 0.3) is 5.56 Å². The number of H-pyrrole nitrogens is 1. The molecule has 0 bridgehead atoms. The highest BCUT2D eigenvalue weighted by molar-refractivity contribution is 5.77. The zero-order valence-electron chi connectivity index (χ0n) is 14.6. The molecule has 2 N–H and O–H groups in total. The molecule has 1 amide bonds. The highest BCUT2D eigenvalue weighted by Crippen LogP contribution is 2.31. The van der Waals surface area contributed by atoms with Crippen LogP contribution in [0.3, 0.4) is 0 Å². The lowest BCUT2D eigenvalue weighted by Gasteiger charge is -2.34. The maximum absolute atomic E-state index is 12.7. The molecule has 0 spiro atoms. The Morgan fingerprint density at radius 1 is 1.40 bits per heavy atom. The number of aliphatic hydroxyl groups is 1. The normalized spacial score (nSPS) is 23.9. The van der Waals surface area contributed by atoms with Crippen LogP contribution in [0, 0.1) is 5.92 Å². The Bertz CT molecular complexity index is 639. The van der Waals surface area contributed by atoms with Crippen molar-refractivity contribution in [2.24, 2.45) is 5.92 Å². The topological polar surface area (TPSA) is 95.5 Å². The Labute approximate surface area is 147 Å². The first-order chi connectivity index (χ1) is 12.0. The number of nitrogens with zero attached hydrogens (tertiary/aromatic N) is 2. The van der Waals surface area contributed by atoms with Crippen LogP contribution in [0.25, 0.3) is 0 Å². The van der Waals surface area contributed by atoms with E-state index in [1.54, 1.807) is 4.90 Å². The predicted molar refractivity (Wildman–Crippen MR) is 92.1 cm³/mol. The Hall–Kier alpha value is -1.73. The average Bonchev–Trinajstić information content (AvgIpc) is 2.81. The fourth-order valence-electron chi connectivity index (χ4n) is 3.83. The first-order valence-corrected chi connectivity index (χ1v) is 9.16. The minimum Gasteiger partial charge on any atom is -0.389 e. The number of ether oxygens (including phenoxy) is 1. The van der Waals surface area contributed by atoms with E-state index in [1.165, 1.54) is 12.4 Å². The molecular formula is C18H27N3O4. The van der Waals surface area contributed by atoms with E-state index in [2.05, 4.69) is 9.97 Å². The van der Waals surface area contributed by atoms with Gasteiger partial charge in [-0.3, -0.25) is 9.59 Å². The molecule has 0 unspecified atom stereocenters. The number of hydrogen-bond acceptors (Lipinski definition) is 5. The molecule has 25 heavy (non-hydrogen) atoms. The monoisotopic (exact) mass is 349 g/mol. The minimum atomic E-state index is -0.841. The SMILES string of the molecule is O=C(CC1(O)CCCCC1)N1CCOC[C@@H](Cc2cc(=O)[nH]cn2)C1. The quantitative estimate of drug-likeness (QED) is 0.841. The summed E-state index contributed by atoms with van der Waals surface area (Å²) < 4.78 is 5.63. The van der Waals surface area contributed by atoms with Crippen molar-refractivity contribution in [2.45, 2.75) is 50.5 Å². The van der Waals surface area contributed by atoms with E-state index in [4.69, 9.17) is 4.74 Å². The van der Waals surface area contributed by atoms with Crippen LogP contribution in [0.15, 0.2) is 17.2 Å². The molecule has 1 aliphatic carbocycles. The summed E-state index contributed by atoms with van der Waals surface area (Å²) in [6.45, 7) is 2.17. The maximum atomic E-state index is 12.7. The molecule has 1 aromatic rings. The number of aromatic amines is 1. The van der Waals surface area contributed by atoms with Crippen LogP contribution < -0.4 is 5.56 Å². The van der Waals surface area contributed by atoms with Gasteiger partial charge in [-0.15, -0.1) is 0 Å². The standard InChI is InChI=1S/C18H27N3O4/c22-16-9-15(19-13-20-16)8-14-11-21(6-7-25-12-14)17(23)10-18(24)4-2-1-3-5-18/h9,13-14,24H,1-8,10-12H2,(H,19,20,22)/t14-/m0/s1. The first kappa shape index (κ1) is 18.1. The van der Waals surface area contributed by atoms with E-state index >= 15 is 0 Å². The van der Waals surface area contributed by atoms with E-state index in [0.717, 1.165) is 19.3 Å². The number of carbonyl (C=O) groups is 1. The van der Waals surface area contributed by atoms with Gasteiger partial charge in [0, 0.05) is 30.8 Å². The first-order valence-electron chi connectivity index (χ1n) is 9.16. The summed E-state index contributed by atoms with van der Waals surface area (Å²) >= 11 is 0. The summed E-state index contributed by atoms with van der Waals surface area (Å²) in [6.07, 6.45) is 6.73. The maximum Gasteiger partial charge on any atom is 0.250 e. The molecule has 1 aliphatic heterocycles. The van der Waals surface area contributed by atoms with Gasteiger partial charge in [0.05, 0.1) is 31.6 Å². The number of amides is 1. The molecule has 1 saturated heterocycles. The van der Waals surface area contributed by atoms with Gasteiger partial charge in [-0.2, -0.15) is 0 Å². The Balaban J connectivity index is 1.60. The summed E-state index contributed by atoms with van der Waals surface area (Å²) in [4.78, 5) is 32.6. The van der Waals surface area contributed by atoms with Gasteiger partial charge < -0.3 is 19.7 Å². The van der Waals surface area contributed by atoms with Crippen LogP contribution in [0.2, 0.25) is 0 Å². The molecule has 2 heterocycles. The summed E-state index contributed by atoms with van der Waals surface area (Å²) in [7, 11) is 0. The fraction of sp³-hybridized carbons (Fsp3) is 0.722. The van der Waals surface area contributed by atoms with Crippen LogP contribution in [0.4, 0.5) is 0 Å². The van der Waals surface area contributed by atoms with Crippen molar-refractivity contribution in [3.05, 3.63) is 28.4 Å². The van der Waals surface area contributed by atoms with Crippen LogP contribution >= 0.6 is 0 Å². The molecule has 7 nitrogen and oxygen atoms in total. The second-order valence-corrected chi connectivity index (χ2v) is 7.35. The molecule has 2 fully saturated rings. The number of aromatic nitrogens is 2. The van der Waals surface area contributed by atoms with Crippen molar-refractivity contribution in [1.29, 1.82) is 0 Å². The van der Waals surface area contributed by atoms with Gasteiger partial charge in [-0.25, -0.2) is 4.98 Å². The number of carbonyl (C=O) groups excluding carboxylic acids is 1. The highest BCUT2D eigenvalue weighted by atomic mass is 16.5. The van der Waals surface area contributed by atoms with Gasteiger partial charge in [-0.05, 0) is 19.3 Å². The molecule has 1 saturated carbocycles. The van der Waals surface area contributed by atoms with Crippen molar-refractivity contribution in [1.82, 2.24) is 14.9 Å². The van der Waals surface area contributed by atoms with Crippen molar-refractivity contribution < 1.29 is 14.6 Å². The summed E-state index contributed by atoms with van der Waals surface area (Å²) in [5.41, 5.74) is -0.309. The Kier molecular flexibility index (Phi) is 5.86. The van der Waals surface area contributed by atoms with Crippen LogP contribution in [0.5, 0.6) is 0 Å². The third-order valence-electron chi connectivity index (χ3n) is 5.19. The molecule has 7 heteroatoms. The zero-order valence-corrected chi connectivity index (χ0v) is 14.6. The van der Waals surface area contributed by atoms with Gasteiger partial charge in [0.15, 0.2) is 0 Å². The summed E-state index contributed by atoms with van der Waals surface area (Å²) in [5, 5.41) is 10.6. The minimum absolute atomic E-state index is 0.00114. The average molecular weight is 349 g/mol. The summed E-state index contributed by atoms with van der Waals surface area (Å²) in [5.74, 6) is 0.0977. The molecular weight excluding hydrogens is 322 g/mol. The smallest absolute Gasteiger partial charge is 0.250 e. The largest absolute Gasteiger partial charge is 0.389 e. The zero-order chi connectivity index (χ0) is 17.7. The lowest BCUT2D eigenvalue weighted by molar-refractivity contribution is -0.138. The van der Waals surface area contributed by atoms with Crippen molar-refractivity contribution >= 4 is 5.91 Å². The van der Waals surface area contributed by atoms with E-state index in [9.17, 15) is 14.7 Å². The van der Waals surface area contributed by atoms with E-state index in [1.807, 2.05) is 0 Å². The van der Waals surface area contributed by atoms with E-state index in [-0.39, 0.29) is 23.8 Å². The van der Waals surface area contributed by atoms with Crippen LogP contribution in [-0.2, 0) is 16.0 Å². The van der Waals surface area contributed by atoms with Crippen LogP contribution in [-0.4, -0.2) is 57.8 Å². The molecule has 2 aliphatic rings. The van der Waals surface area contributed by atoms with Crippen molar-refractivity contribution in [2.75, 3.05) is 26.3 Å². The fourth-order valence-corrected chi connectivity index (χ4v) is 3.83. The third-order valence-corrected chi connectivity index (χ3v) is 5.19. The lowest BCUT2D eigenvalue weighted by atomic mass is 9.82. The molecule has 3 rings (SSSR count). The number of hydrogen-bond donors (Lipinski definition) is 2. The second-order valence-electron chi connectivity index (χ2n) is 7.35. The van der Waals surface area contributed by atoms with Gasteiger partial charge in [0.2, 0.25) is 5.91 Å². The van der Waals surface area contributed by atoms with E-state index in [0.29, 0.717) is 51.3 Å². The van der Waals surface area contributed by atoms with Crippen molar-refractivity contribution in [3.63, 3.8) is 0 Å². The second kappa shape index (κ2) is 8.10. The number of rotatable bonds is 4. The summed E-state index contributed by atoms with van der Waals surface area (Å²) in [6, 6.07) is 1.49. The Morgan fingerprint density at radius 3 is 2.96 bits per heavy atom. The lowest BCUT2D eigenvalue weighted by Crippen LogP contribution is -2.42. The molecule has 0 aromatic carbocycles. The molecule has 1 atom stereocenters. The highest BCUT2D eigenvalue weighted by Gasteiger charge is 2.34. The van der Waals surface area contributed by atoms with Gasteiger partial charge >= 0.3 is 0 Å².